The lowest BCUT2D eigenvalue weighted by atomic mass is 9.82. The Morgan fingerprint density at radius 3 is 1.63 bits per heavy atom. The first kappa shape index (κ1) is 26.5. The third-order valence-electron chi connectivity index (χ3n) is 9.36. The summed E-state index contributed by atoms with van der Waals surface area (Å²) in [7, 11) is 0. The average Bonchev–Trinajstić information content (AvgIpc) is 3.61. The first-order valence-electron chi connectivity index (χ1n) is 15.6. The second kappa shape index (κ2) is 10.1. The molecule has 0 unspecified atom stereocenters. The minimum atomic E-state index is -0.119. The van der Waals surface area contributed by atoms with Crippen LogP contribution in [0.2, 0.25) is 0 Å². The van der Waals surface area contributed by atoms with Crippen LogP contribution in [0.5, 0.6) is 0 Å². The normalized spacial score (nSPS) is 13.2. The summed E-state index contributed by atoms with van der Waals surface area (Å²) in [5.74, 6) is 1.96. The topological polar surface area (TPSA) is 51.8 Å². The van der Waals surface area contributed by atoms with Crippen molar-refractivity contribution in [2.24, 2.45) is 0 Å². The number of rotatable bonds is 4. The summed E-state index contributed by atoms with van der Waals surface area (Å²) in [5.41, 5.74) is 12.0. The van der Waals surface area contributed by atoms with E-state index in [-0.39, 0.29) is 5.41 Å². The smallest absolute Gasteiger partial charge is 0.164 e. The van der Waals surface area contributed by atoms with E-state index >= 15 is 0 Å². The lowest BCUT2D eigenvalue weighted by Gasteiger charge is -2.21. The lowest BCUT2D eigenvalue weighted by molar-refractivity contribution is 0.653. The molecule has 0 saturated carbocycles. The van der Waals surface area contributed by atoms with Gasteiger partial charge < -0.3 is 4.42 Å². The molecule has 2 heterocycles. The summed E-state index contributed by atoms with van der Waals surface area (Å²) >= 11 is 0. The minimum Gasteiger partial charge on any atom is -0.455 e. The largest absolute Gasteiger partial charge is 0.455 e. The van der Waals surface area contributed by atoms with Crippen molar-refractivity contribution in [2.75, 3.05) is 0 Å². The van der Waals surface area contributed by atoms with Crippen molar-refractivity contribution in [3.8, 4) is 56.4 Å². The molecule has 218 valence electrons. The van der Waals surface area contributed by atoms with E-state index in [1.807, 2.05) is 66.7 Å². The predicted molar refractivity (Wildman–Crippen MR) is 186 cm³/mol. The number of hydrogen-bond donors (Lipinski definition) is 0. The summed E-state index contributed by atoms with van der Waals surface area (Å²) < 4.78 is 6.52. The van der Waals surface area contributed by atoms with Gasteiger partial charge in [-0.2, -0.15) is 0 Å². The third-order valence-corrected chi connectivity index (χ3v) is 9.36. The summed E-state index contributed by atoms with van der Waals surface area (Å²) in [4.78, 5) is 14.6. The molecule has 0 saturated heterocycles. The highest BCUT2D eigenvalue weighted by Gasteiger charge is 2.37. The number of para-hydroxylation sites is 1. The van der Waals surface area contributed by atoms with Gasteiger partial charge in [-0.3, -0.25) is 0 Å². The van der Waals surface area contributed by atoms with Gasteiger partial charge in [-0.05, 0) is 39.9 Å². The molecule has 0 atom stereocenters. The molecule has 4 heteroatoms. The zero-order valence-electron chi connectivity index (χ0n) is 25.5. The molecule has 0 N–H and O–H groups in total. The van der Waals surface area contributed by atoms with Crippen LogP contribution in [0.1, 0.15) is 25.0 Å². The van der Waals surface area contributed by atoms with E-state index in [4.69, 9.17) is 19.4 Å². The average molecular weight is 592 g/mol. The van der Waals surface area contributed by atoms with E-state index in [1.165, 1.54) is 22.3 Å². The van der Waals surface area contributed by atoms with Crippen molar-refractivity contribution in [3.63, 3.8) is 0 Å². The van der Waals surface area contributed by atoms with E-state index < -0.39 is 0 Å². The van der Waals surface area contributed by atoms with Gasteiger partial charge in [0.15, 0.2) is 17.5 Å². The van der Waals surface area contributed by atoms with Crippen LogP contribution in [0, 0.1) is 0 Å². The van der Waals surface area contributed by atoms with Crippen molar-refractivity contribution < 1.29 is 4.42 Å². The van der Waals surface area contributed by atoms with Gasteiger partial charge >= 0.3 is 0 Å². The van der Waals surface area contributed by atoms with Crippen LogP contribution in [-0.4, -0.2) is 15.0 Å². The fourth-order valence-electron chi connectivity index (χ4n) is 6.95. The van der Waals surface area contributed by atoms with Crippen LogP contribution in [0.4, 0.5) is 0 Å². The van der Waals surface area contributed by atoms with Crippen LogP contribution >= 0.6 is 0 Å². The van der Waals surface area contributed by atoms with Crippen LogP contribution in [-0.2, 0) is 5.41 Å². The van der Waals surface area contributed by atoms with Crippen molar-refractivity contribution in [3.05, 3.63) is 151 Å². The SMILES string of the molecule is CC1(C)c2ccc(-c3ccc(-c4nc(-c5ccccc5)nc(-c5ccccc5)n4)cc3)cc2-c2c1ccc1c2oc2ccccc21. The number of hydrogen-bond acceptors (Lipinski definition) is 4. The van der Waals surface area contributed by atoms with Crippen molar-refractivity contribution in [2.45, 2.75) is 19.3 Å². The highest BCUT2D eigenvalue weighted by Crippen LogP contribution is 2.53. The minimum absolute atomic E-state index is 0.119. The van der Waals surface area contributed by atoms with Gasteiger partial charge in [-0.15, -0.1) is 0 Å². The Kier molecular flexibility index (Phi) is 5.81. The lowest BCUT2D eigenvalue weighted by Crippen LogP contribution is -2.14. The zero-order valence-corrected chi connectivity index (χ0v) is 25.5. The summed E-state index contributed by atoms with van der Waals surface area (Å²) in [6, 6.07) is 48.4. The Balaban J connectivity index is 1.14. The molecule has 2 aromatic heterocycles. The summed E-state index contributed by atoms with van der Waals surface area (Å²) in [6.07, 6.45) is 0. The molecule has 9 rings (SSSR count). The van der Waals surface area contributed by atoms with E-state index in [9.17, 15) is 0 Å². The van der Waals surface area contributed by atoms with E-state index in [0.717, 1.165) is 49.8 Å². The van der Waals surface area contributed by atoms with Gasteiger partial charge in [0.25, 0.3) is 0 Å². The van der Waals surface area contributed by atoms with Gasteiger partial charge in [0, 0.05) is 38.4 Å². The van der Waals surface area contributed by atoms with Gasteiger partial charge in [0.2, 0.25) is 0 Å². The van der Waals surface area contributed by atoms with Gasteiger partial charge in [-0.1, -0.05) is 141 Å². The van der Waals surface area contributed by atoms with Gasteiger partial charge in [0.1, 0.15) is 11.2 Å². The highest BCUT2D eigenvalue weighted by molar-refractivity contribution is 6.12. The van der Waals surface area contributed by atoms with E-state index in [2.05, 4.69) is 86.6 Å². The molecular formula is C42H29N3O. The Labute approximate surface area is 267 Å². The molecule has 4 nitrogen and oxygen atoms in total. The van der Waals surface area contributed by atoms with Crippen LogP contribution < -0.4 is 0 Å². The standard InChI is InChI=1S/C42H29N3O/c1-42(2)34-23-21-30(25-33(34)37-35(42)24-22-32-31-15-9-10-16-36(31)46-38(32)37)26-17-19-29(20-18-26)41-44-39(27-11-5-3-6-12-27)43-40(45-41)28-13-7-4-8-14-28/h3-25H,1-2H3. The van der Waals surface area contributed by atoms with Crippen molar-refractivity contribution in [1.29, 1.82) is 0 Å². The Morgan fingerprint density at radius 1 is 0.457 bits per heavy atom. The molecule has 0 spiro atoms. The molecule has 8 aromatic rings. The molecular weight excluding hydrogens is 562 g/mol. The Bertz CT molecular complexity index is 2370. The summed E-state index contributed by atoms with van der Waals surface area (Å²) in [5, 5.41) is 2.32. The maximum absolute atomic E-state index is 6.52. The second-order valence-corrected chi connectivity index (χ2v) is 12.5. The number of furan rings is 1. The Hall–Kier alpha value is -5.87. The first-order valence-corrected chi connectivity index (χ1v) is 15.6. The maximum Gasteiger partial charge on any atom is 0.164 e. The molecule has 0 radical (unpaired) electrons. The summed E-state index contributed by atoms with van der Waals surface area (Å²) in [6.45, 7) is 4.62. The van der Waals surface area contributed by atoms with Gasteiger partial charge in [-0.25, -0.2) is 15.0 Å². The molecule has 1 aliphatic rings. The maximum atomic E-state index is 6.52. The fourth-order valence-corrected chi connectivity index (χ4v) is 6.95. The van der Waals surface area contributed by atoms with Crippen molar-refractivity contribution in [1.82, 2.24) is 15.0 Å². The Morgan fingerprint density at radius 2 is 0.978 bits per heavy atom. The molecule has 46 heavy (non-hydrogen) atoms. The quantitative estimate of drug-likeness (QED) is 0.204. The number of aromatic nitrogens is 3. The monoisotopic (exact) mass is 591 g/mol. The number of benzene rings is 6. The van der Waals surface area contributed by atoms with Crippen LogP contribution in [0.25, 0.3) is 78.4 Å². The van der Waals surface area contributed by atoms with Crippen molar-refractivity contribution >= 4 is 21.9 Å². The van der Waals surface area contributed by atoms with E-state index in [1.54, 1.807) is 0 Å². The van der Waals surface area contributed by atoms with E-state index in [0.29, 0.717) is 17.5 Å². The fraction of sp³-hybridized carbons (Fsp3) is 0.0714. The molecule has 1 aliphatic carbocycles. The van der Waals surface area contributed by atoms with Crippen LogP contribution in [0.15, 0.2) is 144 Å². The predicted octanol–water partition coefficient (Wildman–Crippen LogP) is 10.7. The molecule has 6 aromatic carbocycles. The highest BCUT2D eigenvalue weighted by atomic mass is 16.3. The second-order valence-electron chi connectivity index (χ2n) is 12.5. The molecule has 0 amide bonds. The third kappa shape index (κ3) is 4.11. The number of nitrogens with zero attached hydrogens (tertiary/aromatic N) is 3. The first-order chi connectivity index (χ1) is 22.5. The number of fused-ring (bicyclic) bond motifs is 7. The molecule has 0 aliphatic heterocycles. The zero-order chi connectivity index (χ0) is 30.8. The molecule has 0 bridgehead atoms. The van der Waals surface area contributed by atoms with Crippen LogP contribution in [0.3, 0.4) is 0 Å². The van der Waals surface area contributed by atoms with Gasteiger partial charge in [0.05, 0.1) is 0 Å². The molecule has 0 fully saturated rings.